The molecular formula is C10H21NO3. The maximum atomic E-state index is 9.76. The molecule has 2 atom stereocenters. The highest BCUT2D eigenvalue weighted by molar-refractivity contribution is 4.81. The largest absolute Gasteiger partial charge is 0.395 e. The molecule has 4 nitrogen and oxygen atoms in total. The minimum absolute atomic E-state index is 0.0294. The van der Waals surface area contributed by atoms with Gasteiger partial charge in [0.25, 0.3) is 0 Å². The molecule has 0 saturated heterocycles. The Bertz CT molecular complexity index is 150. The summed E-state index contributed by atoms with van der Waals surface area (Å²) in [5.74, 6) is 0. The number of aliphatic hydroxyl groups excluding tert-OH is 3. The maximum Gasteiger partial charge on any atom is 0.0693 e. The fourth-order valence-electron chi connectivity index (χ4n) is 1.95. The Morgan fingerprint density at radius 2 is 1.71 bits per heavy atom. The van der Waals surface area contributed by atoms with E-state index in [1.807, 2.05) is 0 Å². The molecule has 84 valence electrons. The second-order valence-corrected chi connectivity index (χ2v) is 4.04. The zero-order chi connectivity index (χ0) is 10.4. The van der Waals surface area contributed by atoms with Gasteiger partial charge in [-0.15, -0.1) is 0 Å². The van der Waals surface area contributed by atoms with Crippen LogP contribution in [0.5, 0.6) is 0 Å². The first-order valence-corrected chi connectivity index (χ1v) is 5.43. The maximum absolute atomic E-state index is 9.76. The molecule has 0 amide bonds. The lowest BCUT2D eigenvalue weighted by Gasteiger charge is -2.25. The topological polar surface area (TPSA) is 72.7 Å². The van der Waals surface area contributed by atoms with Crippen molar-refractivity contribution >= 4 is 0 Å². The van der Waals surface area contributed by atoms with E-state index >= 15 is 0 Å². The summed E-state index contributed by atoms with van der Waals surface area (Å²) in [4.78, 5) is 0. The minimum atomic E-state index is -0.335. The molecule has 2 unspecified atom stereocenters. The van der Waals surface area contributed by atoms with Gasteiger partial charge >= 0.3 is 0 Å². The molecule has 14 heavy (non-hydrogen) atoms. The molecule has 0 spiro atoms. The average molecular weight is 203 g/mol. The van der Waals surface area contributed by atoms with Crippen molar-refractivity contribution in [1.82, 2.24) is 5.32 Å². The van der Waals surface area contributed by atoms with E-state index in [2.05, 4.69) is 5.32 Å². The molecule has 0 aliphatic heterocycles. The molecule has 1 aliphatic rings. The number of hydrogen-bond acceptors (Lipinski definition) is 4. The van der Waals surface area contributed by atoms with Gasteiger partial charge in [0.2, 0.25) is 0 Å². The van der Waals surface area contributed by atoms with E-state index < -0.39 is 0 Å². The molecule has 1 rings (SSSR count). The van der Waals surface area contributed by atoms with Crippen LogP contribution in [0.4, 0.5) is 0 Å². The summed E-state index contributed by atoms with van der Waals surface area (Å²) in [5.41, 5.74) is 0. The summed E-state index contributed by atoms with van der Waals surface area (Å²) >= 11 is 0. The van der Waals surface area contributed by atoms with Gasteiger partial charge in [0.1, 0.15) is 0 Å². The molecular weight excluding hydrogens is 182 g/mol. The summed E-state index contributed by atoms with van der Waals surface area (Å²) in [6, 6.07) is -0.269. The van der Waals surface area contributed by atoms with E-state index in [1.165, 1.54) is 0 Å². The number of aliphatic hydroxyl groups is 3. The Morgan fingerprint density at radius 1 is 1.07 bits per heavy atom. The van der Waals surface area contributed by atoms with Crippen LogP contribution < -0.4 is 5.32 Å². The van der Waals surface area contributed by atoms with Gasteiger partial charge in [-0.05, 0) is 12.8 Å². The fraction of sp³-hybridized carbons (Fsp3) is 1.00. The van der Waals surface area contributed by atoms with Gasteiger partial charge in [-0.1, -0.05) is 19.3 Å². The number of rotatable bonds is 4. The Labute approximate surface area is 85.0 Å². The van der Waals surface area contributed by atoms with Crippen LogP contribution in [0.15, 0.2) is 0 Å². The van der Waals surface area contributed by atoms with Gasteiger partial charge in [-0.3, -0.25) is 0 Å². The van der Waals surface area contributed by atoms with E-state index in [-0.39, 0.29) is 31.4 Å². The second kappa shape index (κ2) is 6.35. The van der Waals surface area contributed by atoms with Crippen molar-refractivity contribution < 1.29 is 15.3 Å². The molecule has 0 aromatic heterocycles. The quantitative estimate of drug-likeness (QED) is 0.470. The van der Waals surface area contributed by atoms with Crippen LogP contribution in [-0.2, 0) is 0 Å². The number of hydrogen-bond donors (Lipinski definition) is 4. The second-order valence-electron chi connectivity index (χ2n) is 4.04. The van der Waals surface area contributed by atoms with E-state index in [9.17, 15) is 5.11 Å². The molecule has 1 saturated carbocycles. The Hall–Kier alpha value is -0.160. The van der Waals surface area contributed by atoms with Gasteiger partial charge in [0, 0.05) is 6.04 Å². The van der Waals surface area contributed by atoms with Crippen molar-refractivity contribution in [3.05, 3.63) is 0 Å². The van der Waals surface area contributed by atoms with Crippen LogP contribution >= 0.6 is 0 Å². The van der Waals surface area contributed by atoms with Gasteiger partial charge in [-0.25, -0.2) is 0 Å². The zero-order valence-corrected chi connectivity index (χ0v) is 8.52. The zero-order valence-electron chi connectivity index (χ0n) is 8.52. The molecule has 4 N–H and O–H groups in total. The first-order valence-electron chi connectivity index (χ1n) is 5.43. The summed E-state index contributed by atoms with van der Waals surface area (Å²) in [5, 5.41) is 30.7. The summed E-state index contributed by atoms with van der Waals surface area (Å²) in [6.07, 6.45) is 4.76. The monoisotopic (exact) mass is 203 g/mol. The minimum Gasteiger partial charge on any atom is -0.395 e. The van der Waals surface area contributed by atoms with E-state index in [0.29, 0.717) is 0 Å². The SMILES string of the molecule is OCC(CO)NC1CCCCCC1O. The predicted octanol–water partition coefficient (Wildman–Crippen LogP) is -0.377. The van der Waals surface area contributed by atoms with Crippen LogP contribution in [0.3, 0.4) is 0 Å². The van der Waals surface area contributed by atoms with Crippen molar-refractivity contribution in [2.24, 2.45) is 0 Å². The van der Waals surface area contributed by atoms with Crippen molar-refractivity contribution in [2.75, 3.05) is 13.2 Å². The lowest BCUT2D eigenvalue weighted by molar-refractivity contribution is 0.0913. The van der Waals surface area contributed by atoms with Crippen LogP contribution in [0.25, 0.3) is 0 Å². The Balaban J connectivity index is 2.39. The lowest BCUT2D eigenvalue weighted by Crippen LogP contribution is -2.48. The van der Waals surface area contributed by atoms with Crippen molar-refractivity contribution in [3.8, 4) is 0 Å². The van der Waals surface area contributed by atoms with Crippen molar-refractivity contribution in [1.29, 1.82) is 0 Å². The van der Waals surface area contributed by atoms with Crippen LogP contribution in [0, 0.1) is 0 Å². The molecule has 4 heteroatoms. The molecule has 0 aromatic rings. The first kappa shape index (κ1) is 11.9. The lowest BCUT2D eigenvalue weighted by atomic mass is 10.1. The molecule has 0 aromatic carbocycles. The van der Waals surface area contributed by atoms with Gasteiger partial charge in [-0.2, -0.15) is 0 Å². The molecule has 0 radical (unpaired) electrons. The van der Waals surface area contributed by atoms with Crippen LogP contribution in [0.1, 0.15) is 32.1 Å². The molecule has 0 bridgehead atoms. The van der Waals surface area contributed by atoms with Gasteiger partial charge < -0.3 is 20.6 Å². The highest BCUT2D eigenvalue weighted by atomic mass is 16.3. The Morgan fingerprint density at radius 3 is 2.36 bits per heavy atom. The smallest absolute Gasteiger partial charge is 0.0693 e. The average Bonchev–Trinajstić information content (AvgIpc) is 2.40. The van der Waals surface area contributed by atoms with E-state index in [4.69, 9.17) is 10.2 Å². The third-order valence-corrected chi connectivity index (χ3v) is 2.87. The highest BCUT2D eigenvalue weighted by Gasteiger charge is 2.23. The van der Waals surface area contributed by atoms with E-state index in [0.717, 1.165) is 32.1 Å². The number of nitrogens with one attached hydrogen (secondary N) is 1. The van der Waals surface area contributed by atoms with Gasteiger partial charge in [0.05, 0.1) is 25.4 Å². The van der Waals surface area contributed by atoms with Crippen LogP contribution in [0.2, 0.25) is 0 Å². The van der Waals surface area contributed by atoms with Crippen LogP contribution in [-0.4, -0.2) is 46.7 Å². The summed E-state index contributed by atoms with van der Waals surface area (Å²) < 4.78 is 0. The summed E-state index contributed by atoms with van der Waals surface area (Å²) in [7, 11) is 0. The predicted molar refractivity (Wildman–Crippen MR) is 54.0 cm³/mol. The molecule has 1 aliphatic carbocycles. The fourth-order valence-corrected chi connectivity index (χ4v) is 1.95. The van der Waals surface area contributed by atoms with Gasteiger partial charge in [0.15, 0.2) is 0 Å². The third kappa shape index (κ3) is 3.53. The standard InChI is InChI=1S/C10H21NO3/c12-6-8(7-13)11-9-4-2-1-3-5-10(9)14/h8-14H,1-7H2. The first-order chi connectivity index (χ1) is 6.77. The van der Waals surface area contributed by atoms with E-state index in [1.54, 1.807) is 0 Å². The summed E-state index contributed by atoms with van der Waals surface area (Å²) in [6.45, 7) is -0.167. The molecule has 0 heterocycles. The Kier molecular flexibility index (Phi) is 5.40. The third-order valence-electron chi connectivity index (χ3n) is 2.87. The highest BCUT2D eigenvalue weighted by Crippen LogP contribution is 2.18. The van der Waals surface area contributed by atoms with Crippen molar-refractivity contribution in [2.45, 2.75) is 50.3 Å². The molecule has 1 fully saturated rings. The normalized spacial score (nSPS) is 29.1. The van der Waals surface area contributed by atoms with Crippen molar-refractivity contribution in [3.63, 3.8) is 0 Å².